The molecular weight excluding hydrogens is 158 g/mol. The molecule has 0 bridgehead atoms. The van der Waals surface area contributed by atoms with E-state index >= 15 is 0 Å². The third kappa shape index (κ3) is 2.25. The predicted molar refractivity (Wildman–Crippen MR) is 56.7 cm³/mol. The second-order valence-electron chi connectivity index (χ2n) is 5.26. The lowest BCUT2D eigenvalue weighted by atomic mass is 9.80. The second kappa shape index (κ2) is 4.00. The Bertz CT molecular complexity index is 163. The van der Waals surface area contributed by atoms with Gasteiger partial charge in [0, 0.05) is 12.1 Å². The quantitative estimate of drug-likeness (QED) is 0.706. The summed E-state index contributed by atoms with van der Waals surface area (Å²) in [6, 6.07) is 1.62. The van der Waals surface area contributed by atoms with E-state index in [-0.39, 0.29) is 0 Å². The van der Waals surface area contributed by atoms with Gasteiger partial charge >= 0.3 is 0 Å². The van der Waals surface area contributed by atoms with Crippen molar-refractivity contribution in [1.29, 1.82) is 0 Å². The maximum atomic E-state index is 3.81. The van der Waals surface area contributed by atoms with E-state index in [1.807, 2.05) is 0 Å². The molecule has 0 amide bonds. The third-order valence-electron chi connectivity index (χ3n) is 4.05. The Morgan fingerprint density at radius 3 is 2.38 bits per heavy atom. The Morgan fingerprint density at radius 2 is 1.92 bits per heavy atom. The summed E-state index contributed by atoms with van der Waals surface area (Å²) in [6.45, 7) is 4.77. The largest absolute Gasteiger partial charge is 0.311 e. The molecule has 1 heteroatoms. The first-order valence-electron chi connectivity index (χ1n) is 6.01. The van der Waals surface area contributed by atoms with Gasteiger partial charge in [0.15, 0.2) is 0 Å². The summed E-state index contributed by atoms with van der Waals surface area (Å²) < 4.78 is 0. The van der Waals surface area contributed by atoms with Crippen molar-refractivity contribution < 1.29 is 0 Å². The van der Waals surface area contributed by atoms with Crippen molar-refractivity contribution in [3.05, 3.63) is 0 Å². The predicted octanol–water partition coefficient (Wildman–Crippen LogP) is 2.95. The lowest BCUT2D eigenvalue weighted by Crippen LogP contribution is -2.42. The van der Waals surface area contributed by atoms with Gasteiger partial charge in [0.1, 0.15) is 0 Å². The molecule has 0 aliphatic heterocycles. The Labute approximate surface area is 82.3 Å². The van der Waals surface area contributed by atoms with Gasteiger partial charge in [-0.1, -0.05) is 13.3 Å². The Hall–Kier alpha value is -0.0400. The van der Waals surface area contributed by atoms with Crippen LogP contribution in [-0.4, -0.2) is 12.1 Å². The minimum absolute atomic E-state index is 0.782. The zero-order valence-corrected chi connectivity index (χ0v) is 9.05. The molecule has 0 saturated heterocycles. The molecule has 0 radical (unpaired) electrons. The molecule has 0 spiro atoms. The highest BCUT2D eigenvalue weighted by atomic mass is 15.0. The molecule has 2 rings (SSSR count). The van der Waals surface area contributed by atoms with Crippen molar-refractivity contribution in [1.82, 2.24) is 5.32 Å². The van der Waals surface area contributed by atoms with E-state index in [2.05, 4.69) is 19.2 Å². The van der Waals surface area contributed by atoms with Crippen molar-refractivity contribution in [2.24, 2.45) is 11.8 Å². The maximum absolute atomic E-state index is 3.81. The summed E-state index contributed by atoms with van der Waals surface area (Å²) in [4.78, 5) is 0. The number of hydrogen-bond donors (Lipinski definition) is 1. The van der Waals surface area contributed by atoms with Crippen molar-refractivity contribution in [3.63, 3.8) is 0 Å². The van der Waals surface area contributed by atoms with Crippen LogP contribution in [0.1, 0.15) is 52.4 Å². The molecule has 1 nitrogen and oxygen atoms in total. The first-order chi connectivity index (χ1) is 6.25. The standard InChI is InChI=1S/C12H23N/c1-9-6-7-12(8-9)13-10(2)11-4-3-5-11/h9-13H,3-8H2,1-2H3/t9?,10-,12?/m1/s1. The van der Waals surface area contributed by atoms with Crippen LogP contribution in [-0.2, 0) is 0 Å². The average Bonchev–Trinajstić information content (AvgIpc) is 2.31. The van der Waals surface area contributed by atoms with Crippen molar-refractivity contribution in [2.45, 2.75) is 64.5 Å². The molecule has 0 aromatic carbocycles. The van der Waals surface area contributed by atoms with Crippen LogP contribution in [0.2, 0.25) is 0 Å². The Morgan fingerprint density at radius 1 is 1.15 bits per heavy atom. The molecule has 0 aromatic heterocycles. The summed E-state index contributed by atoms with van der Waals surface area (Å²) in [6.07, 6.45) is 8.68. The Balaban J connectivity index is 1.71. The van der Waals surface area contributed by atoms with Gasteiger partial charge in [-0.05, 0) is 50.9 Å². The van der Waals surface area contributed by atoms with E-state index < -0.39 is 0 Å². The topological polar surface area (TPSA) is 12.0 Å². The summed E-state index contributed by atoms with van der Waals surface area (Å²) in [5, 5.41) is 3.81. The fourth-order valence-electron chi connectivity index (χ4n) is 2.81. The van der Waals surface area contributed by atoms with Gasteiger partial charge in [-0.15, -0.1) is 0 Å². The lowest BCUT2D eigenvalue weighted by Gasteiger charge is -2.34. The molecule has 76 valence electrons. The maximum Gasteiger partial charge on any atom is 0.00722 e. The highest BCUT2D eigenvalue weighted by Crippen LogP contribution is 2.31. The minimum Gasteiger partial charge on any atom is -0.311 e. The first kappa shape index (κ1) is 9.51. The van der Waals surface area contributed by atoms with Gasteiger partial charge in [-0.3, -0.25) is 0 Å². The van der Waals surface area contributed by atoms with Gasteiger partial charge < -0.3 is 5.32 Å². The number of rotatable bonds is 3. The van der Waals surface area contributed by atoms with Crippen molar-refractivity contribution >= 4 is 0 Å². The molecule has 0 aromatic rings. The molecule has 1 N–H and O–H groups in total. The van der Waals surface area contributed by atoms with E-state index in [1.165, 1.54) is 38.5 Å². The summed E-state index contributed by atoms with van der Waals surface area (Å²) >= 11 is 0. The van der Waals surface area contributed by atoms with Crippen LogP contribution in [0.3, 0.4) is 0 Å². The van der Waals surface area contributed by atoms with Crippen LogP contribution in [0.15, 0.2) is 0 Å². The van der Waals surface area contributed by atoms with Gasteiger partial charge in [0.25, 0.3) is 0 Å². The smallest absolute Gasteiger partial charge is 0.00722 e. The molecular formula is C12H23N. The molecule has 2 unspecified atom stereocenters. The summed E-state index contributed by atoms with van der Waals surface area (Å²) in [5.74, 6) is 1.96. The van der Waals surface area contributed by atoms with E-state index in [4.69, 9.17) is 0 Å². The van der Waals surface area contributed by atoms with E-state index in [1.54, 1.807) is 0 Å². The van der Waals surface area contributed by atoms with E-state index in [0.717, 1.165) is 23.9 Å². The van der Waals surface area contributed by atoms with Crippen LogP contribution in [0, 0.1) is 11.8 Å². The van der Waals surface area contributed by atoms with Crippen LogP contribution >= 0.6 is 0 Å². The normalized spacial score (nSPS) is 37.4. The molecule has 2 saturated carbocycles. The van der Waals surface area contributed by atoms with Crippen LogP contribution in [0.5, 0.6) is 0 Å². The first-order valence-corrected chi connectivity index (χ1v) is 6.01. The van der Waals surface area contributed by atoms with Gasteiger partial charge in [-0.2, -0.15) is 0 Å². The molecule has 2 aliphatic carbocycles. The highest BCUT2D eigenvalue weighted by Gasteiger charge is 2.28. The zero-order valence-electron chi connectivity index (χ0n) is 9.05. The SMILES string of the molecule is CC1CCC(N[C@H](C)C2CCC2)C1. The van der Waals surface area contributed by atoms with Gasteiger partial charge in [0.2, 0.25) is 0 Å². The molecule has 2 fully saturated rings. The summed E-state index contributed by atoms with van der Waals surface area (Å²) in [7, 11) is 0. The van der Waals surface area contributed by atoms with E-state index in [0.29, 0.717) is 0 Å². The van der Waals surface area contributed by atoms with E-state index in [9.17, 15) is 0 Å². The Kier molecular flexibility index (Phi) is 2.92. The molecule has 3 atom stereocenters. The summed E-state index contributed by atoms with van der Waals surface area (Å²) in [5.41, 5.74) is 0. The van der Waals surface area contributed by atoms with Gasteiger partial charge in [0.05, 0.1) is 0 Å². The second-order valence-corrected chi connectivity index (χ2v) is 5.26. The molecule has 0 heterocycles. The zero-order chi connectivity index (χ0) is 9.26. The fourth-order valence-corrected chi connectivity index (χ4v) is 2.81. The molecule has 13 heavy (non-hydrogen) atoms. The monoisotopic (exact) mass is 181 g/mol. The van der Waals surface area contributed by atoms with Crippen molar-refractivity contribution in [3.8, 4) is 0 Å². The fraction of sp³-hybridized carbons (Fsp3) is 1.00. The number of hydrogen-bond acceptors (Lipinski definition) is 1. The van der Waals surface area contributed by atoms with Crippen LogP contribution in [0.4, 0.5) is 0 Å². The third-order valence-corrected chi connectivity index (χ3v) is 4.05. The highest BCUT2D eigenvalue weighted by molar-refractivity contribution is 4.85. The lowest BCUT2D eigenvalue weighted by molar-refractivity contribution is 0.226. The van der Waals surface area contributed by atoms with Crippen LogP contribution in [0.25, 0.3) is 0 Å². The minimum atomic E-state index is 0.782. The van der Waals surface area contributed by atoms with Crippen LogP contribution < -0.4 is 5.32 Å². The average molecular weight is 181 g/mol. The number of nitrogens with one attached hydrogen (secondary N) is 1. The molecule has 2 aliphatic rings. The van der Waals surface area contributed by atoms with Gasteiger partial charge in [-0.25, -0.2) is 0 Å². The van der Waals surface area contributed by atoms with Crippen molar-refractivity contribution in [2.75, 3.05) is 0 Å².